The summed E-state index contributed by atoms with van der Waals surface area (Å²) in [5.41, 5.74) is 2.25. The molecule has 2 aromatic rings. The molecule has 0 radical (unpaired) electrons. The topological polar surface area (TPSA) is 58.7 Å². The van der Waals surface area contributed by atoms with E-state index in [-0.39, 0.29) is 0 Å². The van der Waals surface area contributed by atoms with Crippen molar-refractivity contribution in [3.8, 4) is 6.07 Å². The zero-order chi connectivity index (χ0) is 13.0. The van der Waals surface area contributed by atoms with Gasteiger partial charge < -0.3 is 0 Å². The van der Waals surface area contributed by atoms with Crippen LogP contribution in [0.2, 0.25) is 0 Å². The maximum absolute atomic E-state index is 10.4. The average molecular weight is 239 g/mol. The second-order valence-electron chi connectivity index (χ2n) is 4.13. The highest BCUT2D eigenvalue weighted by Gasteiger charge is 2.03. The molecule has 0 aliphatic carbocycles. The van der Waals surface area contributed by atoms with E-state index in [0.29, 0.717) is 17.6 Å². The van der Waals surface area contributed by atoms with E-state index in [1.165, 1.54) is 0 Å². The van der Waals surface area contributed by atoms with Crippen molar-refractivity contribution in [3.05, 3.63) is 42.1 Å². The monoisotopic (exact) mass is 239 g/mol. The summed E-state index contributed by atoms with van der Waals surface area (Å²) in [6, 6.07) is 7.61. The molecule has 18 heavy (non-hydrogen) atoms. The van der Waals surface area contributed by atoms with E-state index in [1.807, 2.05) is 16.8 Å². The molecule has 0 aliphatic heterocycles. The minimum atomic E-state index is 0.609. The minimum absolute atomic E-state index is 0.609. The lowest BCUT2D eigenvalue weighted by Gasteiger charge is -2.03. The second kappa shape index (κ2) is 5.28. The van der Waals surface area contributed by atoms with Crippen LogP contribution in [0.1, 0.15) is 18.4 Å². The van der Waals surface area contributed by atoms with Gasteiger partial charge in [0, 0.05) is 11.9 Å². The van der Waals surface area contributed by atoms with Gasteiger partial charge in [-0.05, 0) is 36.6 Å². The molecule has 0 N–H and O–H groups in total. The van der Waals surface area contributed by atoms with E-state index in [0.717, 1.165) is 30.2 Å². The van der Waals surface area contributed by atoms with Crippen molar-refractivity contribution in [2.24, 2.45) is 0 Å². The summed E-state index contributed by atoms with van der Waals surface area (Å²) in [4.78, 5) is 10.4. The molecule has 0 saturated heterocycles. The first-order valence-electron chi connectivity index (χ1n) is 5.73. The summed E-state index contributed by atoms with van der Waals surface area (Å²) >= 11 is 0. The third-order valence-corrected chi connectivity index (χ3v) is 2.81. The third kappa shape index (κ3) is 2.46. The Morgan fingerprint density at radius 2 is 2.39 bits per heavy atom. The number of nitrogens with zero attached hydrogens (tertiary/aromatic N) is 3. The van der Waals surface area contributed by atoms with Crippen LogP contribution in [0.3, 0.4) is 0 Å². The van der Waals surface area contributed by atoms with Crippen molar-refractivity contribution < 1.29 is 4.79 Å². The lowest BCUT2D eigenvalue weighted by atomic mass is 10.1. The molecule has 1 aromatic heterocycles. The van der Waals surface area contributed by atoms with Crippen LogP contribution < -0.4 is 0 Å². The Hall–Kier alpha value is -2.41. The number of carbonyl (C=O) groups is 1. The first-order chi connectivity index (χ1) is 8.74. The van der Waals surface area contributed by atoms with Crippen molar-refractivity contribution in [2.45, 2.75) is 19.4 Å². The fourth-order valence-corrected chi connectivity index (χ4v) is 1.85. The number of nitriles is 1. The van der Waals surface area contributed by atoms with Gasteiger partial charge in [-0.2, -0.15) is 10.4 Å². The predicted octanol–water partition coefficient (Wildman–Crippen LogP) is 2.44. The van der Waals surface area contributed by atoms with Crippen molar-refractivity contribution in [2.75, 3.05) is 0 Å². The molecule has 1 aromatic carbocycles. The molecule has 4 heteroatoms. The molecule has 0 unspecified atom stereocenters. The van der Waals surface area contributed by atoms with Gasteiger partial charge in [-0.15, -0.1) is 0 Å². The molecule has 0 amide bonds. The standard InChI is InChI=1S/C14H13N3O/c1-11(10-18)3-2-6-17-14-5-4-12(8-15)7-13(14)9-16-17/h4-5,7,9-10H,1-3,6H2. The summed E-state index contributed by atoms with van der Waals surface area (Å²) in [6.45, 7) is 4.38. The second-order valence-corrected chi connectivity index (χ2v) is 4.13. The Labute approximate surface area is 105 Å². The molecule has 0 fully saturated rings. The number of hydrogen-bond acceptors (Lipinski definition) is 3. The molecule has 90 valence electrons. The van der Waals surface area contributed by atoms with Crippen molar-refractivity contribution in [1.29, 1.82) is 5.26 Å². The Kier molecular flexibility index (Phi) is 3.54. The maximum Gasteiger partial charge on any atom is 0.145 e. The molecular weight excluding hydrogens is 226 g/mol. The van der Waals surface area contributed by atoms with Gasteiger partial charge in [0.25, 0.3) is 0 Å². The van der Waals surface area contributed by atoms with Crippen LogP contribution in [-0.2, 0) is 11.3 Å². The number of allylic oxidation sites excluding steroid dienone is 1. The summed E-state index contributed by atoms with van der Waals surface area (Å²) < 4.78 is 1.88. The van der Waals surface area contributed by atoms with Gasteiger partial charge in [0.1, 0.15) is 6.29 Å². The molecule has 0 saturated carbocycles. The smallest absolute Gasteiger partial charge is 0.145 e. The lowest BCUT2D eigenvalue weighted by molar-refractivity contribution is -0.105. The largest absolute Gasteiger partial charge is 0.298 e. The fraction of sp³-hybridized carbons (Fsp3) is 0.214. The van der Waals surface area contributed by atoms with E-state index in [4.69, 9.17) is 5.26 Å². The van der Waals surface area contributed by atoms with Crippen molar-refractivity contribution >= 4 is 17.2 Å². The molecule has 0 atom stereocenters. The Morgan fingerprint density at radius 3 is 3.11 bits per heavy atom. The van der Waals surface area contributed by atoms with Crippen LogP contribution >= 0.6 is 0 Å². The average Bonchev–Trinajstić information content (AvgIpc) is 2.81. The van der Waals surface area contributed by atoms with E-state index < -0.39 is 0 Å². The number of fused-ring (bicyclic) bond motifs is 1. The van der Waals surface area contributed by atoms with Gasteiger partial charge >= 0.3 is 0 Å². The number of aromatic nitrogens is 2. The molecule has 0 bridgehead atoms. The molecule has 4 nitrogen and oxygen atoms in total. The minimum Gasteiger partial charge on any atom is -0.298 e. The van der Waals surface area contributed by atoms with Crippen LogP contribution in [0, 0.1) is 11.3 Å². The molecular formula is C14H13N3O. The maximum atomic E-state index is 10.4. The normalized spacial score (nSPS) is 10.2. The molecule has 0 spiro atoms. The summed E-state index contributed by atoms with van der Waals surface area (Å²) in [7, 11) is 0. The number of benzene rings is 1. The number of hydrogen-bond donors (Lipinski definition) is 0. The molecule has 1 heterocycles. The van der Waals surface area contributed by atoms with Crippen molar-refractivity contribution in [3.63, 3.8) is 0 Å². The van der Waals surface area contributed by atoms with Crippen LogP contribution in [0.5, 0.6) is 0 Å². The number of aldehydes is 1. The predicted molar refractivity (Wildman–Crippen MR) is 68.9 cm³/mol. The SMILES string of the molecule is C=C(C=O)CCCn1ncc2cc(C#N)ccc21. The number of carbonyl (C=O) groups excluding carboxylic acids is 1. The Morgan fingerprint density at radius 1 is 1.56 bits per heavy atom. The van der Waals surface area contributed by atoms with Crippen LogP contribution in [-0.4, -0.2) is 16.1 Å². The van der Waals surface area contributed by atoms with E-state index >= 15 is 0 Å². The van der Waals surface area contributed by atoms with Crippen LogP contribution in [0.4, 0.5) is 0 Å². The Bertz CT molecular complexity index is 634. The zero-order valence-corrected chi connectivity index (χ0v) is 9.97. The highest BCUT2D eigenvalue weighted by molar-refractivity contribution is 5.80. The zero-order valence-electron chi connectivity index (χ0n) is 9.97. The first-order valence-corrected chi connectivity index (χ1v) is 5.73. The van der Waals surface area contributed by atoms with Gasteiger partial charge in [-0.3, -0.25) is 9.48 Å². The molecule has 2 rings (SSSR count). The fourth-order valence-electron chi connectivity index (χ4n) is 1.85. The first kappa shape index (κ1) is 12.1. The van der Waals surface area contributed by atoms with Gasteiger partial charge in [0.05, 0.1) is 23.3 Å². The molecule has 0 aliphatic rings. The van der Waals surface area contributed by atoms with Gasteiger partial charge in [0.2, 0.25) is 0 Å². The number of rotatable bonds is 5. The summed E-state index contributed by atoms with van der Waals surface area (Å²) in [5.74, 6) is 0. The van der Waals surface area contributed by atoms with E-state index in [1.54, 1.807) is 12.3 Å². The van der Waals surface area contributed by atoms with Crippen LogP contribution in [0.15, 0.2) is 36.5 Å². The highest BCUT2D eigenvalue weighted by Crippen LogP contribution is 2.16. The quantitative estimate of drug-likeness (QED) is 0.594. The van der Waals surface area contributed by atoms with E-state index in [9.17, 15) is 4.79 Å². The van der Waals surface area contributed by atoms with Gasteiger partial charge in [-0.1, -0.05) is 6.58 Å². The summed E-state index contributed by atoms with van der Waals surface area (Å²) in [6.07, 6.45) is 4.06. The van der Waals surface area contributed by atoms with Gasteiger partial charge in [-0.25, -0.2) is 0 Å². The lowest BCUT2D eigenvalue weighted by Crippen LogP contribution is -2.00. The van der Waals surface area contributed by atoms with E-state index in [2.05, 4.69) is 17.7 Å². The highest BCUT2D eigenvalue weighted by atomic mass is 16.1. The van der Waals surface area contributed by atoms with Crippen LogP contribution in [0.25, 0.3) is 10.9 Å². The van der Waals surface area contributed by atoms with Crippen molar-refractivity contribution in [1.82, 2.24) is 9.78 Å². The number of aryl methyl sites for hydroxylation is 1. The van der Waals surface area contributed by atoms with Gasteiger partial charge in [0.15, 0.2) is 0 Å². The third-order valence-electron chi connectivity index (χ3n) is 2.81. The summed E-state index contributed by atoms with van der Waals surface area (Å²) in [5, 5.41) is 14.1. The Balaban J connectivity index is 2.13.